The van der Waals surface area contributed by atoms with Crippen LogP contribution in [0.3, 0.4) is 0 Å². The van der Waals surface area contributed by atoms with Gasteiger partial charge in [-0.2, -0.15) is 0 Å². The van der Waals surface area contributed by atoms with E-state index in [1.807, 2.05) is 6.92 Å². The lowest BCUT2D eigenvalue weighted by Gasteiger charge is -1.98. The summed E-state index contributed by atoms with van der Waals surface area (Å²) in [4.78, 5) is 4.04. The van der Waals surface area contributed by atoms with Crippen LogP contribution in [0.5, 0.6) is 0 Å². The van der Waals surface area contributed by atoms with Gasteiger partial charge < -0.3 is 11.5 Å². The minimum Gasteiger partial charge on any atom is -0.386 e. The Morgan fingerprint density at radius 1 is 1.75 bits per heavy atom. The zero-order valence-corrected chi connectivity index (χ0v) is 4.96. The van der Waals surface area contributed by atoms with Gasteiger partial charge in [-0.25, -0.2) is 0 Å². The number of nitrogens with zero attached hydrogens (tertiary/aromatic N) is 1. The van der Waals surface area contributed by atoms with Crippen molar-refractivity contribution in [2.75, 3.05) is 0 Å². The van der Waals surface area contributed by atoms with Crippen molar-refractivity contribution in [3.63, 3.8) is 0 Å². The lowest BCUT2D eigenvalue weighted by atomic mass is 10.2. The average Bonchev–Trinajstić information content (AvgIpc) is 1.85. The maximum Gasteiger partial charge on any atom is 0.111 e. The Kier molecular flexibility index (Phi) is 1.21. The van der Waals surface area contributed by atoms with E-state index in [0.717, 1.165) is 6.42 Å². The molecule has 46 valence electrons. The average molecular weight is 113 g/mol. The number of nitrogens with two attached hydrogens (primary N) is 2. The number of rotatable bonds is 0. The molecule has 0 saturated carbocycles. The summed E-state index contributed by atoms with van der Waals surface area (Å²) in [6, 6.07) is 0.356. The van der Waals surface area contributed by atoms with Gasteiger partial charge in [-0.15, -0.1) is 0 Å². The molecule has 1 aliphatic rings. The van der Waals surface area contributed by atoms with Gasteiger partial charge in [0, 0.05) is 0 Å². The van der Waals surface area contributed by atoms with Crippen LogP contribution in [-0.4, -0.2) is 17.9 Å². The number of hydrogen-bond acceptors (Lipinski definition) is 3. The molecular formula is C5H11N3. The van der Waals surface area contributed by atoms with Crippen LogP contribution in [0, 0.1) is 0 Å². The molecule has 3 nitrogen and oxygen atoms in total. The molecule has 1 heterocycles. The summed E-state index contributed by atoms with van der Waals surface area (Å²) in [6.07, 6.45) is 0.909. The third-order valence-electron chi connectivity index (χ3n) is 1.34. The van der Waals surface area contributed by atoms with Crippen LogP contribution in [0.4, 0.5) is 0 Å². The molecule has 0 aromatic rings. The second-order valence-electron chi connectivity index (χ2n) is 2.25. The topological polar surface area (TPSA) is 64.4 Å². The smallest absolute Gasteiger partial charge is 0.111 e. The van der Waals surface area contributed by atoms with Gasteiger partial charge in [-0.05, 0) is 13.3 Å². The molecule has 0 saturated heterocycles. The van der Waals surface area contributed by atoms with Crippen molar-refractivity contribution < 1.29 is 0 Å². The van der Waals surface area contributed by atoms with E-state index < -0.39 is 0 Å². The Morgan fingerprint density at radius 3 is 2.50 bits per heavy atom. The Hall–Kier alpha value is -0.570. The molecule has 0 radical (unpaired) electrons. The van der Waals surface area contributed by atoms with Gasteiger partial charge in [0.05, 0.1) is 12.1 Å². The molecule has 1 aliphatic heterocycles. The summed E-state index contributed by atoms with van der Waals surface area (Å²) in [5, 5.41) is 0. The van der Waals surface area contributed by atoms with Crippen molar-refractivity contribution in [3.8, 4) is 0 Å². The molecule has 0 aliphatic carbocycles. The lowest BCUT2D eigenvalue weighted by molar-refractivity contribution is 0.685. The van der Waals surface area contributed by atoms with Crippen LogP contribution in [0.1, 0.15) is 13.3 Å². The molecule has 1 rings (SSSR count). The van der Waals surface area contributed by atoms with E-state index in [2.05, 4.69) is 4.99 Å². The van der Waals surface area contributed by atoms with Gasteiger partial charge in [0.15, 0.2) is 0 Å². The predicted molar refractivity (Wildman–Crippen MR) is 33.7 cm³/mol. The summed E-state index contributed by atoms with van der Waals surface area (Å²) in [6.45, 7) is 2.01. The summed E-state index contributed by atoms with van der Waals surface area (Å²) in [5.74, 6) is 0.609. The number of amidine groups is 1. The first-order chi connectivity index (χ1) is 3.70. The maximum absolute atomic E-state index is 5.51. The minimum atomic E-state index is 0.0185. The van der Waals surface area contributed by atoms with E-state index in [1.165, 1.54) is 0 Å². The molecule has 3 heteroatoms. The Bertz CT molecular complexity index is 119. The van der Waals surface area contributed by atoms with Crippen molar-refractivity contribution in [2.45, 2.75) is 25.4 Å². The predicted octanol–water partition coefficient (Wildman–Crippen LogP) is -0.537. The van der Waals surface area contributed by atoms with Crippen molar-refractivity contribution in [1.29, 1.82) is 0 Å². The van der Waals surface area contributed by atoms with Gasteiger partial charge >= 0.3 is 0 Å². The third-order valence-corrected chi connectivity index (χ3v) is 1.34. The highest BCUT2D eigenvalue weighted by atomic mass is 15.0. The molecule has 8 heavy (non-hydrogen) atoms. The molecule has 0 amide bonds. The number of hydrogen-bond donors (Lipinski definition) is 2. The van der Waals surface area contributed by atoms with Crippen molar-refractivity contribution in [1.82, 2.24) is 0 Å². The zero-order chi connectivity index (χ0) is 6.15. The van der Waals surface area contributed by atoms with Crippen LogP contribution in [0.15, 0.2) is 4.99 Å². The molecule has 0 bridgehead atoms. The highest BCUT2D eigenvalue weighted by Crippen LogP contribution is 2.07. The van der Waals surface area contributed by atoms with E-state index in [4.69, 9.17) is 11.5 Å². The highest BCUT2D eigenvalue weighted by molar-refractivity contribution is 5.87. The molecule has 2 atom stereocenters. The monoisotopic (exact) mass is 113 g/mol. The quantitative estimate of drug-likeness (QED) is 0.443. The fourth-order valence-electron chi connectivity index (χ4n) is 0.891. The first kappa shape index (κ1) is 5.56. The van der Waals surface area contributed by atoms with Crippen LogP contribution < -0.4 is 11.5 Å². The zero-order valence-electron chi connectivity index (χ0n) is 4.96. The van der Waals surface area contributed by atoms with Crippen LogP contribution in [0.25, 0.3) is 0 Å². The van der Waals surface area contributed by atoms with Crippen LogP contribution in [0.2, 0.25) is 0 Å². The van der Waals surface area contributed by atoms with E-state index >= 15 is 0 Å². The van der Waals surface area contributed by atoms with Gasteiger partial charge in [0.1, 0.15) is 5.84 Å². The molecule has 0 spiro atoms. The Labute approximate surface area is 48.8 Å². The molecule has 4 N–H and O–H groups in total. The summed E-state index contributed by atoms with van der Waals surface area (Å²) in [7, 11) is 0. The molecule has 0 fully saturated rings. The number of aliphatic imine (C=N–C) groups is 1. The maximum atomic E-state index is 5.51. The third kappa shape index (κ3) is 0.816. The fraction of sp³-hybridized carbons (Fsp3) is 0.800. The Morgan fingerprint density at radius 2 is 2.38 bits per heavy atom. The van der Waals surface area contributed by atoms with Crippen molar-refractivity contribution in [3.05, 3.63) is 0 Å². The van der Waals surface area contributed by atoms with E-state index in [9.17, 15) is 0 Å². The molecule has 2 unspecified atom stereocenters. The highest BCUT2D eigenvalue weighted by Gasteiger charge is 2.18. The van der Waals surface area contributed by atoms with Crippen molar-refractivity contribution >= 4 is 5.84 Å². The van der Waals surface area contributed by atoms with Crippen molar-refractivity contribution in [2.24, 2.45) is 16.5 Å². The van der Waals surface area contributed by atoms with Gasteiger partial charge in [-0.1, -0.05) is 0 Å². The Balaban J connectivity index is 2.59. The van der Waals surface area contributed by atoms with Gasteiger partial charge in [-0.3, -0.25) is 4.99 Å². The standard InChI is InChI=1S/C5H11N3/c1-3-2-4(6)5(7)8-3/h3-4H,2,6H2,1H3,(H2,7,8). The van der Waals surface area contributed by atoms with Gasteiger partial charge in [0.2, 0.25) is 0 Å². The SMILES string of the molecule is CC1CC(N)C(N)=N1. The van der Waals surface area contributed by atoms with Crippen LogP contribution in [-0.2, 0) is 0 Å². The van der Waals surface area contributed by atoms with E-state index in [1.54, 1.807) is 0 Å². The first-order valence-electron chi connectivity index (χ1n) is 2.79. The lowest BCUT2D eigenvalue weighted by Crippen LogP contribution is -2.32. The van der Waals surface area contributed by atoms with E-state index in [-0.39, 0.29) is 6.04 Å². The molecule has 0 aromatic heterocycles. The second kappa shape index (κ2) is 1.74. The summed E-state index contributed by atoms with van der Waals surface area (Å²) in [5.41, 5.74) is 10.9. The molecular weight excluding hydrogens is 102 g/mol. The molecule has 0 aromatic carbocycles. The fourth-order valence-corrected chi connectivity index (χ4v) is 0.891. The second-order valence-corrected chi connectivity index (χ2v) is 2.25. The summed E-state index contributed by atoms with van der Waals surface area (Å²) < 4.78 is 0. The summed E-state index contributed by atoms with van der Waals surface area (Å²) >= 11 is 0. The van der Waals surface area contributed by atoms with E-state index in [0.29, 0.717) is 11.9 Å². The van der Waals surface area contributed by atoms with Gasteiger partial charge in [0.25, 0.3) is 0 Å². The van der Waals surface area contributed by atoms with Crippen LogP contribution >= 0.6 is 0 Å². The largest absolute Gasteiger partial charge is 0.386 e. The first-order valence-corrected chi connectivity index (χ1v) is 2.79. The minimum absolute atomic E-state index is 0.0185. The normalized spacial score (nSPS) is 37.5.